The van der Waals surface area contributed by atoms with Gasteiger partial charge in [-0.1, -0.05) is 52.3 Å². The van der Waals surface area contributed by atoms with E-state index in [9.17, 15) is 14.7 Å². The first-order chi connectivity index (χ1) is 17.4. The summed E-state index contributed by atoms with van der Waals surface area (Å²) in [5.74, 6) is 1.13. The van der Waals surface area contributed by atoms with Gasteiger partial charge in [0.05, 0.1) is 7.11 Å². The minimum Gasteiger partial charge on any atom is -0.508 e. The summed E-state index contributed by atoms with van der Waals surface area (Å²) in [6.45, 7) is 0.917. The number of carbonyl (C=O) groups excluding carboxylic acids is 2. The molecule has 0 heterocycles. The van der Waals surface area contributed by atoms with Gasteiger partial charge in [0.25, 0.3) is 0 Å². The van der Waals surface area contributed by atoms with Crippen molar-refractivity contribution in [1.82, 2.24) is 10.2 Å². The van der Waals surface area contributed by atoms with Gasteiger partial charge in [-0.15, -0.1) is 0 Å². The third-order valence-corrected chi connectivity index (χ3v) is 6.94. The topological polar surface area (TPSA) is 78.9 Å². The van der Waals surface area contributed by atoms with Crippen LogP contribution in [0.5, 0.6) is 11.5 Å². The molecule has 3 aromatic carbocycles. The van der Waals surface area contributed by atoms with Crippen molar-refractivity contribution in [2.45, 2.75) is 38.3 Å². The average Bonchev–Trinajstić information content (AvgIpc) is 3.72. The number of phenolic OH excluding ortho intramolecular Hbond substituents is 1. The van der Waals surface area contributed by atoms with Gasteiger partial charge in [0.1, 0.15) is 17.5 Å². The Labute approximate surface area is 220 Å². The second-order valence-electron chi connectivity index (χ2n) is 9.18. The van der Waals surface area contributed by atoms with Crippen LogP contribution in [0.1, 0.15) is 42.0 Å². The molecule has 0 bridgehead atoms. The lowest BCUT2D eigenvalue weighted by Gasteiger charge is -2.32. The molecule has 1 aliphatic carbocycles. The number of aryl methyl sites for hydroxylation is 1. The van der Waals surface area contributed by atoms with Crippen LogP contribution >= 0.6 is 15.9 Å². The van der Waals surface area contributed by atoms with Crippen molar-refractivity contribution in [3.63, 3.8) is 0 Å². The first-order valence-corrected chi connectivity index (χ1v) is 13.0. The van der Waals surface area contributed by atoms with E-state index in [4.69, 9.17) is 4.74 Å². The fraction of sp³-hybridized carbons (Fsp3) is 0.310. The molecule has 36 heavy (non-hydrogen) atoms. The van der Waals surface area contributed by atoms with Gasteiger partial charge in [0.15, 0.2) is 0 Å². The molecule has 3 aromatic rings. The molecule has 1 fully saturated rings. The lowest BCUT2D eigenvalue weighted by molar-refractivity contribution is -0.141. The van der Waals surface area contributed by atoms with Crippen LogP contribution in [0, 0.1) is 5.92 Å². The number of methoxy groups -OCH3 is 1. The molecule has 0 radical (unpaired) electrons. The highest BCUT2D eigenvalue weighted by atomic mass is 79.9. The third kappa shape index (κ3) is 7.10. The molecule has 2 N–H and O–H groups in total. The van der Waals surface area contributed by atoms with Crippen LogP contribution in [0.2, 0.25) is 0 Å². The lowest BCUT2D eigenvalue weighted by Crippen LogP contribution is -2.44. The Morgan fingerprint density at radius 3 is 2.25 bits per heavy atom. The maximum Gasteiger partial charge on any atom is 0.247 e. The predicted molar refractivity (Wildman–Crippen MR) is 143 cm³/mol. The van der Waals surface area contributed by atoms with Gasteiger partial charge >= 0.3 is 0 Å². The van der Waals surface area contributed by atoms with Crippen molar-refractivity contribution in [2.24, 2.45) is 5.92 Å². The maximum absolute atomic E-state index is 13.6. The molecule has 1 atom stereocenters. The zero-order valence-electron chi connectivity index (χ0n) is 20.3. The molecule has 188 valence electrons. The monoisotopic (exact) mass is 550 g/mol. The predicted octanol–water partition coefficient (Wildman–Crippen LogP) is 5.39. The summed E-state index contributed by atoms with van der Waals surface area (Å²) in [6, 6.07) is 21.3. The van der Waals surface area contributed by atoms with Crippen LogP contribution in [0.15, 0.2) is 77.3 Å². The SMILES string of the molecule is COc1ccc(CNC(=O)C(c2ccc(Br)cc2)N(CC2CC2)C(=O)CCc2ccc(O)cc2)cc1. The van der Waals surface area contributed by atoms with E-state index >= 15 is 0 Å². The molecular formula is C29H31BrN2O4. The molecule has 6 nitrogen and oxygen atoms in total. The summed E-state index contributed by atoms with van der Waals surface area (Å²) in [7, 11) is 1.62. The van der Waals surface area contributed by atoms with Gasteiger partial charge in [0, 0.05) is 24.0 Å². The van der Waals surface area contributed by atoms with E-state index < -0.39 is 6.04 Å². The number of aromatic hydroxyl groups is 1. The van der Waals surface area contributed by atoms with Crippen molar-refractivity contribution in [1.29, 1.82) is 0 Å². The van der Waals surface area contributed by atoms with Gasteiger partial charge in [-0.05, 0) is 78.3 Å². The largest absolute Gasteiger partial charge is 0.508 e. The van der Waals surface area contributed by atoms with Gasteiger partial charge in [-0.3, -0.25) is 9.59 Å². The van der Waals surface area contributed by atoms with Gasteiger partial charge < -0.3 is 20.1 Å². The molecular weight excluding hydrogens is 520 g/mol. The number of nitrogens with one attached hydrogen (secondary N) is 1. The highest BCUT2D eigenvalue weighted by molar-refractivity contribution is 9.10. The highest BCUT2D eigenvalue weighted by Crippen LogP contribution is 2.34. The van der Waals surface area contributed by atoms with Crippen LogP contribution in [0.4, 0.5) is 0 Å². The quantitative estimate of drug-likeness (QED) is 0.335. The van der Waals surface area contributed by atoms with Crippen LogP contribution < -0.4 is 10.1 Å². The summed E-state index contributed by atoms with van der Waals surface area (Å²) in [5, 5.41) is 12.6. The number of amides is 2. The normalized spacial score (nSPS) is 13.6. The standard InChI is InChI=1S/C29H31BrN2O4/c1-36-26-15-6-21(7-16-26)18-31-29(35)28(23-9-11-24(30)12-10-23)32(19-22-2-3-22)27(34)17-8-20-4-13-25(33)14-5-20/h4-7,9-16,22,28,33H,2-3,8,17-19H2,1H3,(H,31,35). The number of hydrogen-bond acceptors (Lipinski definition) is 4. The van der Waals surface area contributed by atoms with Crippen molar-refractivity contribution in [3.8, 4) is 11.5 Å². The van der Waals surface area contributed by atoms with Crippen LogP contribution in [0.3, 0.4) is 0 Å². The Morgan fingerprint density at radius 1 is 1.00 bits per heavy atom. The summed E-state index contributed by atoms with van der Waals surface area (Å²) in [4.78, 5) is 28.9. The number of phenols is 1. The van der Waals surface area contributed by atoms with Crippen molar-refractivity contribution < 1.29 is 19.4 Å². The molecule has 2 amide bonds. The Kier molecular flexibility index (Phi) is 8.65. The average molecular weight is 551 g/mol. The zero-order valence-corrected chi connectivity index (χ0v) is 21.9. The fourth-order valence-corrected chi connectivity index (χ4v) is 4.40. The van der Waals surface area contributed by atoms with Gasteiger partial charge in [0.2, 0.25) is 11.8 Å². The summed E-state index contributed by atoms with van der Waals surface area (Å²) >= 11 is 3.47. The maximum atomic E-state index is 13.6. The number of nitrogens with zero attached hydrogens (tertiary/aromatic N) is 1. The van der Waals surface area contributed by atoms with E-state index in [-0.39, 0.29) is 24.0 Å². The molecule has 7 heteroatoms. The number of hydrogen-bond donors (Lipinski definition) is 2. The van der Waals surface area contributed by atoms with Crippen molar-refractivity contribution >= 4 is 27.7 Å². The number of ether oxygens (including phenoxy) is 1. The number of halogens is 1. The number of benzene rings is 3. The molecule has 0 spiro atoms. The third-order valence-electron chi connectivity index (χ3n) is 6.41. The van der Waals surface area contributed by atoms with Crippen LogP contribution in [-0.4, -0.2) is 35.5 Å². The molecule has 4 rings (SSSR count). The van der Waals surface area contributed by atoms with E-state index in [0.29, 0.717) is 25.4 Å². The first kappa shape index (κ1) is 25.8. The summed E-state index contributed by atoms with van der Waals surface area (Å²) < 4.78 is 6.13. The summed E-state index contributed by atoms with van der Waals surface area (Å²) in [6.07, 6.45) is 2.97. The fourth-order valence-electron chi connectivity index (χ4n) is 4.13. The van der Waals surface area contributed by atoms with Gasteiger partial charge in [-0.25, -0.2) is 0 Å². The van der Waals surface area contributed by atoms with Crippen LogP contribution in [0.25, 0.3) is 0 Å². The molecule has 0 saturated heterocycles. The van der Waals surface area contributed by atoms with E-state index in [1.54, 1.807) is 24.1 Å². The van der Waals surface area contributed by atoms with Crippen molar-refractivity contribution in [3.05, 3.63) is 94.0 Å². The summed E-state index contributed by atoms with van der Waals surface area (Å²) in [5.41, 5.74) is 2.70. The number of carbonyl (C=O) groups is 2. The second-order valence-corrected chi connectivity index (χ2v) is 10.1. The molecule has 1 aliphatic rings. The van der Waals surface area contributed by atoms with E-state index in [2.05, 4.69) is 21.2 Å². The smallest absolute Gasteiger partial charge is 0.247 e. The second kappa shape index (κ2) is 12.1. The Hall–Kier alpha value is -3.32. The van der Waals surface area contributed by atoms with Gasteiger partial charge in [-0.2, -0.15) is 0 Å². The molecule has 1 saturated carbocycles. The molecule has 0 aliphatic heterocycles. The van der Waals surface area contributed by atoms with E-state index in [1.165, 1.54) is 0 Å². The minimum atomic E-state index is -0.718. The Morgan fingerprint density at radius 2 is 1.64 bits per heavy atom. The van der Waals surface area contributed by atoms with E-state index in [0.717, 1.165) is 39.8 Å². The Bertz CT molecular complexity index is 1160. The molecule has 1 unspecified atom stereocenters. The lowest BCUT2D eigenvalue weighted by atomic mass is 10.0. The van der Waals surface area contributed by atoms with E-state index in [1.807, 2.05) is 60.7 Å². The number of rotatable bonds is 11. The zero-order chi connectivity index (χ0) is 25.5. The van der Waals surface area contributed by atoms with Crippen molar-refractivity contribution in [2.75, 3.05) is 13.7 Å². The Balaban J connectivity index is 1.54. The van der Waals surface area contributed by atoms with Crippen LogP contribution in [-0.2, 0) is 22.6 Å². The minimum absolute atomic E-state index is 0.0532. The first-order valence-electron chi connectivity index (χ1n) is 12.2. The highest BCUT2D eigenvalue weighted by Gasteiger charge is 2.35. The molecule has 0 aromatic heterocycles.